The van der Waals surface area contributed by atoms with E-state index in [9.17, 15) is 14.7 Å². The van der Waals surface area contributed by atoms with E-state index in [1.807, 2.05) is 6.92 Å². The molecule has 128 valence electrons. The van der Waals surface area contributed by atoms with Gasteiger partial charge in [-0.1, -0.05) is 31.6 Å². The summed E-state index contributed by atoms with van der Waals surface area (Å²) in [6.45, 7) is 9.91. The van der Waals surface area contributed by atoms with Crippen LogP contribution in [0.2, 0.25) is 0 Å². The van der Waals surface area contributed by atoms with Gasteiger partial charge in [0.05, 0.1) is 5.41 Å². The number of allylic oxidation sites excluding steroid dienone is 2. The lowest BCUT2D eigenvalue weighted by atomic mass is 9.46. The highest BCUT2D eigenvalue weighted by Crippen LogP contribution is 2.61. The van der Waals surface area contributed by atoms with Gasteiger partial charge in [0.1, 0.15) is 0 Å². The Morgan fingerprint density at radius 2 is 1.96 bits per heavy atom. The molecule has 0 heterocycles. The van der Waals surface area contributed by atoms with Crippen LogP contribution in [-0.2, 0) is 9.59 Å². The SMILES string of the molecule is C=C1CC[C@@H]2[C@](C)(CCC[C@]2(C)C(=O)O)[C@H]1C/C=C(\C)C(=O)O. The zero-order chi connectivity index (χ0) is 17.4. The van der Waals surface area contributed by atoms with Gasteiger partial charge in [-0.3, -0.25) is 4.79 Å². The molecule has 0 saturated heterocycles. The van der Waals surface area contributed by atoms with E-state index in [0.717, 1.165) is 37.7 Å². The summed E-state index contributed by atoms with van der Waals surface area (Å²) in [6.07, 6.45) is 6.75. The van der Waals surface area contributed by atoms with E-state index in [0.29, 0.717) is 12.0 Å². The fourth-order valence-corrected chi connectivity index (χ4v) is 5.02. The summed E-state index contributed by atoms with van der Waals surface area (Å²) < 4.78 is 0. The van der Waals surface area contributed by atoms with Crippen LogP contribution >= 0.6 is 0 Å². The Bertz CT molecular complexity index is 562. The third-order valence-corrected chi connectivity index (χ3v) is 6.51. The highest BCUT2D eigenvalue weighted by molar-refractivity contribution is 5.85. The molecule has 4 nitrogen and oxygen atoms in total. The van der Waals surface area contributed by atoms with Crippen LogP contribution < -0.4 is 0 Å². The molecule has 23 heavy (non-hydrogen) atoms. The summed E-state index contributed by atoms with van der Waals surface area (Å²) in [6, 6.07) is 0. The Labute approximate surface area is 138 Å². The van der Waals surface area contributed by atoms with Gasteiger partial charge >= 0.3 is 11.9 Å². The standard InChI is InChI=1S/C19H28O4/c1-12-7-9-15-18(3,10-5-11-19(15,4)17(22)23)14(12)8-6-13(2)16(20)21/h6,14-15H,1,5,7-11H2,2-4H3,(H,20,21)(H,22,23)/b13-6+/t14-,15+,18+,19-/m0/s1. The molecule has 4 heteroatoms. The minimum Gasteiger partial charge on any atom is -0.481 e. The number of hydrogen-bond acceptors (Lipinski definition) is 2. The van der Waals surface area contributed by atoms with Crippen molar-refractivity contribution in [3.63, 3.8) is 0 Å². The molecule has 0 bridgehead atoms. The number of carboxylic acids is 2. The molecular formula is C19H28O4. The number of hydrogen-bond donors (Lipinski definition) is 2. The molecule has 0 aromatic rings. The zero-order valence-corrected chi connectivity index (χ0v) is 14.4. The highest BCUT2D eigenvalue weighted by Gasteiger charge is 2.57. The van der Waals surface area contributed by atoms with Crippen molar-refractivity contribution in [1.82, 2.24) is 0 Å². The average Bonchev–Trinajstić information content (AvgIpc) is 2.45. The van der Waals surface area contributed by atoms with Crippen molar-refractivity contribution in [2.75, 3.05) is 0 Å². The molecule has 2 aliphatic rings. The van der Waals surface area contributed by atoms with Crippen LogP contribution in [0.15, 0.2) is 23.8 Å². The molecule has 2 aliphatic carbocycles. The lowest BCUT2D eigenvalue weighted by Crippen LogP contribution is -2.53. The Kier molecular flexibility index (Phi) is 4.74. The van der Waals surface area contributed by atoms with Gasteiger partial charge in [-0.15, -0.1) is 0 Å². The molecule has 0 aliphatic heterocycles. The topological polar surface area (TPSA) is 74.6 Å². The van der Waals surface area contributed by atoms with Crippen LogP contribution in [0.5, 0.6) is 0 Å². The summed E-state index contributed by atoms with van der Waals surface area (Å²) in [7, 11) is 0. The summed E-state index contributed by atoms with van der Waals surface area (Å²) >= 11 is 0. The van der Waals surface area contributed by atoms with E-state index in [-0.39, 0.29) is 17.3 Å². The van der Waals surface area contributed by atoms with Crippen LogP contribution in [-0.4, -0.2) is 22.2 Å². The lowest BCUT2D eigenvalue weighted by Gasteiger charge is -2.57. The number of carbonyl (C=O) groups is 2. The maximum Gasteiger partial charge on any atom is 0.330 e. The molecule has 0 aromatic heterocycles. The first kappa shape index (κ1) is 17.8. The van der Waals surface area contributed by atoms with Gasteiger partial charge in [0.2, 0.25) is 0 Å². The maximum atomic E-state index is 11.9. The van der Waals surface area contributed by atoms with Crippen molar-refractivity contribution in [1.29, 1.82) is 0 Å². The highest BCUT2D eigenvalue weighted by atomic mass is 16.4. The molecule has 0 aromatic carbocycles. The smallest absolute Gasteiger partial charge is 0.330 e. The van der Waals surface area contributed by atoms with Crippen LogP contribution in [0.3, 0.4) is 0 Å². The summed E-state index contributed by atoms with van der Waals surface area (Å²) in [4.78, 5) is 22.9. The van der Waals surface area contributed by atoms with Crippen LogP contribution in [0.25, 0.3) is 0 Å². The second-order valence-electron chi connectivity index (χ2n) is 7.81. The first-order valence-corrected chi connectivity index (χ1v) is 8.44. The fourth-order valence-electron chi connectivity index (χ4n) is 5.02. The fraction of sp³-hybridized carbons (Fsp3) is 0.684. The van der Waals surface area contributed by atoms with Crippen LogP contribution in [0.4, 0.5) is 0 Å². The van der Waals surface area contributed by atoms with Gasteiger partial charge in [0.15, 0.2) is 0 Å². The van der Waals surface area contributed by atoms with E-state index < -0.39 is 17.4 Å². The Morgan fingerprint density at radius 1 is 1.30 bits per heavy atom. The predicted octanol–water partition coefficient (Wildman–Crippen LogP) is 4.27. The molecule has 4 atom stereocenters. The number of fused-ring (bicyclic) bond motifs is 1. The molecule has 0 unspecified atom stereocenters. The van der Waals surface area contributed by atoms with Gasteiger partial charge in [-0.2, -0.15) is 0 Å². The van der Waals surface area contributed by atoms with Crippen molar-refractivity contribution in [2.24, 2.45) is 22.7 Å². The first-order chi connectivity index (χ1) is 10.6. The quantitative estimate of drug-likeness (QED) is 0.599. The first-order valence-electron chi connectivity index (χ1n) is 8.44. The van der Waals surface area contributed by atoms with E-state index in [1.165, 1.54) is 0 Å². The van der Waals surface area contributed by atoms with Crippen molar-refractivity contribution in [3.8, 4) is 0 Å². The maximum absolute atomic E-state index is 11.9. The average molecular weight is 320 g/mol. The molecule has 0 amide bonds. The molecule has 0 radical (unpaired) electrons. The summed E-state index contributed by atoms with van der Waals surface area (Å²) in [5.74, 6) is -1.31. The van der Waals surface area contributed by atoms with Gasteiger partial charge < -0.3 is 10.2 Å². The van der Waals surface area contributed by atoms with Gasteiger partial charge in [0.25, 0.3) is 0 Å². The van der Waals surface area contributed by atoms with Crippen molar-refractivity contribution < 1.29 is 19.8 Å². The third-order valence-electron chi connectivity index (χ3n) is 6.51. The zero-order valence-electron chi connectivity index (χ0n) is 14.4. The predicted molar refractivity (Wildman–Crippen MR) is 89.1 cm³/mol. The second-order valence-corrected chi connectivity index (χ2v) is 7.81. The van der Waals surface area contributed by atoms with Gasteiger partial charge in [-0.05, 0) is 63.2 Å². The monoisotopic (exact) mass is 320 g/mol. The number of aliphatic carboxylic acids is 2. The Morgan fingerprint density at radius 3 is 2.52 bits per heavy atom. The lowest BCUT2D eigenvalue weighted by molar-refractivity contribution is -0.164. The van der Waals surface area contributed by atoms with Crippen molar-refractivity contribution >= 4 is 11.9 Å². The van der Waals surface area contributed by atoms with E-state index >= 15 is 0 Å². The molecule has 2 N–H and O–H groups in total. The molecule has 0 spiro atoms. The summed E-state index contributed by atoms with van der Waals surface area (Å²) in [5, 5.41) is 18.8. The van der Waals surface area contributed by atoms with E-state index in [4.69, 9.17) is 5.11 Å². The Balaban J connectivity index is 2.35. The molecular weight excluding hydrogens is 292 g/mol. The van der Waals surface area contributed by atoms with E-state index in [2.05, 4.69) is 13.5 Å². The van der Waals surface area contributed by atoms with Gasteiger partial charge in [-0.25, -0.2) is 4.79 Å². The van der Waals surface area contributed by atoms with Gasteiger partial charge in [0, 0.05) is 5.57 Å². The number of carboxylic acid groups (broad SMARTS) is 2. The van der Waals surface area contributed by atoms with Crippen molar-refractivity contribution in [3.05, 3.63) is 23.8 Å². The Hall–Kier alpha value is -1.58. The third kappa shape index (κ3) is 2.96. The molecule has 2 rings (SSSR count). The van der Waals surface area contributed by atoms with E-state index in [1.54, 1.807) is 13.0 Å². The molecule has 2 fully saturated rings. The second kappa shape index (κ2) is 6.14. The number of rotatable bonds is 4. The normalized spacial score (nSPS) is 38.0. The minimum absolute atomic E-state index is 0.115. The summed E-state index contributed by atoms with van der Waals surface area (Å²) in [5.41, 5.74) is 0.696. The largest absolute Gasteiger partial charge is 0.481 e. The molecule has 2 saturated carbocycles. The minimum atomic E-state index is -0.896. The van der Waals surface area contributed by atoms with Crippen LogP contribution in [0, 0.1) is 22.7 Å². The van der Waals surface area contributed by atoms with Crippen LogP contribution in [0.1, 0.15) is 59.3 Å². The van der Waals surface area contributed by atoms with Crippen molar-refractivity contribution in [2.45, 2.75) is 59.3 Å².